The molecule has 1 saturated heterocycles. The van der Waals surface area contributed by atoms with Gasteiger partial charge in [-0.2, -0.15) is 0 Å². The Bertz CT molecular complexity index is 519. The summed E-state index contributed by atoms with van der Waals surface area (Å²) in [6.45, 7) is 2.50. The molecule has 1 aromatic carbocycles. The molecular weight excluding hydrogens is 286 g/mol. The molecule has 0 aliphatic carbocycles. The van der Waals surface area contributed by atoms with Crippen LogP contribution in [-0.2, 0) is 9.53 Å². The molecule has 0 spiro atoms. The number of carboxylic acids is 1. The number of hydrogen-bond donors (Lipinski definition) is 1. The summed E-state index contributed by atoms with van der Waals surface area (Å²) in [7, 11) is 4.80. The summed E-state index contributed by atoms with van der Waals surface area (Å²) in [6.07, 6.45) is 0. The minimum atomic E-state index is -0.783. The third-order valence-corrected chi connectivity index (χ3v) is 4.16. The molecule has 1 aromatic rings. The highest BCUT2D eigenvalue weighted by Gasteiger charge is 2.40. The van der Waals surface area contributed by atoms with E-state index in [1.54, 1.807) is 21.3 Å². The average molecular weight is 309 g/mol. The van der Waals surface area contributed by atoms with Gasteiger partial charge in [-0.3, -0.25) is 9.69 Å². The van der Waals surface area contributed by atoms with Crippen molar-refractivity contribution in [1.29, 1.82) is 0 Å². The maximum atomic E-state index is 11.6. The van der Waals surface area contributed by atoms with Crippen LogP contribution >= 0.6 is 0 Å². The second kappa shape index (κ2) is 7.47. The molecule has 1 aliphatic rings. The second-order valence-corrected chi connectivity index (χ2v) is 5.39. The van der Waals surface area contributed by atoms with Gasteiger partial charge in [0, 0.05) is 38.2 Å². The SMILES string of the molecule is COCCN1C[C@@H](C(=O)O)[C@H](c2cccc(OC)c2OC)C1. The van der Waals surface area contributed by atoms with E-state index in [1.165, 1.54) is 0 Å². The molecule has 1 heterocycles. The number of ether oxygens (including phenoxy) is 3. The minimum absolute atomic E-state index is 0.126. The van der Waals surface area contributed by atoms with Gasteiger partial charge < -0.3 is 19.3 Å². The number of hydrogen-bond acceptors (Lipinski definition) is 5. The normalized spacial score (nSPS) is 21.8. The number of methoxy groups -OCH3 is 3. The molecule has 2 atom stereocenters. The second-order valence-electron chi connectivity index (χ2n) is 5.39. The maximum absolute atomic E-state index is 11.6. The summed E-state index contributed by atoms with van der Waals surface area (Å²) >= 11 is 0. The highest BCUT2D eigenvalue weighted by atomic mass is 16.5. The number of para-hydroxylation sites is 1. The third kappa shape index (κ3) is 3.34. The Kier molecular flexibility index (Phi) is 5.63. The number of likely N-dealkylation sites (tertiary alicyclic amines) is 1. The molecule has 1 fully saturated rings. The zero-order valence-electron chi connectivity index (χ0n) is 13.2. The number of aliphatic carboxylic acids is 1. The van der Waals surface area contributed by atoms with E-state index >= 15 is 0 Å². The van der Waals surface area contributed by atoms with E-state index in [9.17, 15) is 9.90 Å². The van der Waals surface area contributed by atoms with E-state index in [0.29, 0.717) is 31.2 Å². The number of carbonyl (C=O) groups is 1. The molecule has 22 heavy (non-hydrogen) atoms. The van der Waals surface area contributed by atoms with Crippen LogP contribution in [0.4, 0.5) is 0 Å². The summed E-state index contributed by atoms with van der Waals surface area (Å²) < 4.78 is 15.9. The van der Waals surface area contributed by atoms with Gasteiger partial charge in [-0.15, -0.1) is 0 Å². The summed E-state index contributed by atoms with van der Waals surface area (Å²) in [5.41, 5.74) is 0.883. The number of benzene rings is 1. The van der Waals surface area contributed by atoms with Gasteiger partial charge in [-0.25, -0.2) is 0 Å². The van der Waals surface area contributed by atoms with Crippen LogP contribution in [0.2, 0.25) is 0 Å². The van der Waals surface area contributed by atoms with Crippen LogP contribution in [0.15, 0.2) is 18.2 Å². The van der Waals surface area contributed by atoms with Crippen molar-refractivity contribution < 1.29 is 24.1 Å². The lowest BCUT2D eigenvalue weighted by Crippen LogP contribution is -2.26. The van der Waals surface area contributed by atoms with Crippen molar-refractivity contribution in [2.75, 3.05) is 47.6 Å². The number of carboxylic acid groups (broad SMARTS) is 1. The molecule has 122 valence electrons. The van der Waals surface area contributed by atoms with Crippen molar-refractivity contribution >= 4 is 5.97 Å². The summed E-state index contributed by atoms with van der Waals surface area (Å²) in [4.78, 5) is 13.7. The lowest BCUT2D eigenvalue weighted by atomic mass is 9.88. The maximum Gasteiger partial charge on any atom is 0.308 e. The van der Waals surface area contributed by atoms with Crippen molar-refractivity contribution in [2.24, 2.45) is 5.92 Å². The van der Waals surface area contributed by atoms with Gasteiger partial charge >= 0.3 is 5.97 Å². The summed E-state index contributed by atoms with van der Waals surface area (Å²) in [6, 6.07) is 5.60. The first-order valence-electron chi connectivity index (χ1n) is 7.27. The first-order chi connectivity index (χ1) is 10.6. The molecule has 6 nitrogen and oxygen atoms in total. The molecular formula is C16H23NO5. The molecule has 0 saturated carbocycles. The molecule has 0 aromatic heterocycles. The Labute approximate surface area is 130 Å². The fraction of sp³-hybridized carbons (Fsp3) is 0.562. The van der Waals surface area contributed by atoms with Crippen LogP contribution in [0, 0.1) is 5.92 Å². The smallest absolute Gasteiger partial charge is 0.308 e. The van der Waals surface area contributed by atoms with Crippen molar-refractivity contribution in [1.82, 2.24) is 4.90 Å². The first kappa shape index (κ1) is 16.6. The Morgan fingerprint density at radius 3 is 2.64 bits per heavy atom. The van der Waals surface area contributed by atoms with Crippen molar-refractivity contribution in [3.05, 3.63) is 23.8 Å². The van der Waals surface area contributed by atoms with Crippen LogP contribution in [0.1, 0.15) is 11.5 Å². The van der Waals surface area contributed by atoms with E-state index in [0.717, 1.165) is 12.1 Å². The monoisotopic (exact) mass is 309 g/mol. The zero-order chi connectivity index (χ0) is 16.1. The van der Waals surface area contributed by atoms with Gasteiger partial charge in [-0.05, 0) is 6.07 Å². The largest absolute Gasteiger partial charge is 0.493 e. The van der Waals surface area contributed by atoms with E-state index in [4.69, 9.17) is 14.2 Å². The Morgan fingerprint density at radius 2 is 2.05 bits per heavy atom. The highest BCUT2D eigenvalue weighted by molar-refractivity contribution is 5.73. The van der Waals surface area contributed by atoms with Crippen LogP contribution in [0.25, 0.3) is 0 Å². The van der Waals surface area contributed by atoms with Crippen LogP contribution in [0.3, 0.4) is 0 Å². The zero-order valence-corrected chi connectivity index (χ0v) is 13.2. The molecule has 6 heteroatoms. The minimum Gasteiger partial charge on any atom is -0.493 e. The molecule has 2 rings (SSSR count). The first-order valence-corrected chi connectivity index (χ1v) is 7.27. The van der Waals surface area contributed by atoms with E-state index in [1.807, 2.05) is 18.2 Å². The average Bonchev–Trinajstić information content (AvgIpc) is 2.96. The molecule has 0 amide bonds. The Morgan fingerprint density at radius 1 is 1.27 bits per heavy atom. The van der Waals surface area contributed by atoms with Gasteiger partial charge in [0.2, 0.25) is 0 Å². The molecule has 0 unspecified atom stereocenters. The van der Waals surface area contributed by atoms with Gasteiger partial charge in [-0.1, -0.05) is 12.1 Å². The molecule has 1 aliphatic heterocycles. The molecule has 0 radical (unpaired) electrons. The van der Waals surface area contributed by atoms with Gasteiger partial charge in [0.05, 0.1) is 26.7 Å². The lowest BCUT2D eigenvalue weighted by Gasteiger charge is -2.20. The van der Waals surface area contributed by atoms with Crippen molar-refractivity contribution in [3.8, 4) is 11.5 Å². The Balaban J connectivity index is 2.30. The third-order valence-electron chi connectivity index (χ3n) is 4.16. The number of nitrogens with zero attached hydrogens (tertiary/aromatic N) is 1. The van der Waals surface area contributed by atoms with E-state index in [2.05, 4.69) is 4.90 Å². The van der Waals surface area contributed by atoms with E-state index in [-0.39, 0.29) is 5.92 Å². The quantitative estimate of drug-likeness (QED) is 0.822. The van der Waals surface area contributed by atoms with Crippen molar-refractivity contribution in [3.63, 3.8) is 0 Å². The fourth-order valence-electron chi connectivity index (χ4n) is 3.06. The fourth-order valence-corrected chi connectivity index (χ4v) is 3.06. The van der Waals surface area contributed by atoms with Crippen molar-refractivity contribution in [2.45, 2.75) is 5.92 Å². The van der Waals surface area contributed by atoms with Gasteiger partial charge in [0.1, 0.15) is 0 Å². The van der Waals surface area contributed by atoms with Crippen LogP contribution < -0.4 is 9.47 Å². The van der Waals surface area contributed by atoms with E-state index < -0.39 is 11.9 Å². The molecule has 1 N–H and O–H groups in total. The highest BCUT2D eigenvalue weighted by Crippen LogP contribution is 2.41. The summed E-state index contributed by atoms with van der Waals surface area (Å²) in [5.74, 6) is -0.124. The van der Waals surface area contributed by atoms with Gasteiger partial charge in [0.15, 0.2) is 11.5 Å². The topological polar surface area (TPSA) is 68.2 Å². The Hall–Kier alpha value is -1.79. The molecule has 0 bridgehead atoms. The number of rotatable bonds is 7. The summed E-state index contributed by atoms with van der Waals surface area (Å²) in [5, 5.41) is 9.55. The standard InChI is InChI=1S/C16H23NO5/c1-20-8-7-17-9-12(13(10-17)16(18)19)11-5-4-6-14(21-2)15(11)22-3/h4-6,12-13H,7-10H2,1-3H3,(H,18,19)/t12-,13+/m0/s1. The van der Waals surface area contributed by atoms with Crippen LogP contribution in [0.5, 0.6) is 11.5 Å². The van der Waals surface area contributed by atoms with Crippen LogP contribution in [-0.4, -0.2) is 63.5 Å². The predicted molar refractivity (Wildman–Crippen MR) is 81.7 cm³/mol. The lowest BCUT2D eigenvalue weighted by molar-refractivity contribution is -0.141. The van der Waals surface area contributed by atoms with Gasteiger partial charge in [0.25, 0.3) is 0 Å². The predicted octanol–water partition coefficient (Wildman–Crippen LogP) is 1.45.